The third kappa shape index (κ3) is 2.47. The van der Waals surface area contributed by atoms with Crippen LogP contribution in [0.25, 0.3) is 0 Å². The van der Waals surface area contributed by atoms with Crippen LogP contribution in [0.3, 0.4) is 0 Å². The van der Waals surface area contributed by atoms with Crippen molar-refractivity contribution in [3.63, 3.8) is 0 Å². The molecule has 2 aromatic rings. The Morgan fingerprint density at radius 1 is 1.06 bits per heavy atom. The van der Waals surface area contributed by atoms with Gasteiger partial charge in [-0.15, -0.1) is 0 Å². The van der Waals surface area contributed by atoms with Gasteiger partial charge in [0.2, 0.25) is 0 Å². The number of benzene rings is 2. The van der Waals surface area contributed by atoms with E-state index in [1.165, 1.54) is 0 Å². The van der Waals surface area contributed by atoms with Gasteiger partial charge in [0, 0.05) is 3.57 Å². The van der Waals surface area contributed by atoms with Crippen molar-refractivity contribution < 1.29 is 4.74 Å². The lowest BCUT2D eigenvalue weighted by Gasteiger charge is -2.10. The van der Waals surface area contributed by atoms with Gasteiger partial charge < -0.3 is 10.5 Å². The minimum absolute atomic E-state index is 0.662. The molecule has 2 rings (SSSR count). The number of hydrogen-bond donors (Lipinski definition) is 1. The SMILES string of the molecule is Cc1ccccc1Oc1ccc(I)cc1N. The van der Waals surface area contributed by atoms with E-state index in [2.05, 4.69) is 22.6 Å². The van der Waals surface area contributed by atoms with Crippen molar-refractivity contribution in [1.29, 1.82) is 0 Å². The summed E-state index contributed by atoms with van der Waals surface area (Å²) in [6.07, 6.45) is 0. The predicted molar refractivity (Wildman–Crippen MR) is 74.8 cm³/mol. The first-order valence-corrected chi connectivity index (χ1v) is 6.03. The van der Waals surface area contributed by atoms with E-state index in [-0.39, 0.29) is 0 Å². The Morgan fingerprint density at radius 2 is 1.81 bits per heavy atom. The molecule has 2 N–H and O–H groups in total. The lowest BCUT2D eigenvalue weighted by Crippen LogP contribution is -1.93. The van der Waals surface area contributed by atoms with Crippen LogP contribution < -0.4 is 10.5 Å². The number of rotatable bonds is 2. The summed E-state index contributed by atoms with van der Waals surface area (Å²) in [6.45, 7) is 2.01. The van der Waals surface area contributed by atoms with Crippen LogP contribution in [-0.2, 0) is 0 Å². The maximum atomic E-state index is 5.89. The molecule has 0 atom stereocenters. The fourth-order valence-corrected chi connectivity index (χ4v) is 1.92. The molecule has 16 heavy (non-hydrogen) atoms. The lowest BCUT2D eigenvalue weighted by molar-refractivity contribution is 0.481. The summed E-state index contributed by atoms with van der Waals surface area (Å²) in [5.41, 5.74) is 7.65. The summed E-state index contributed by atoms with van der Waals surface area (Å²) in [6, 6.07) is 13.7. The van der Waals surface area contributed by atoms with Crippen LogP contribution in [0.4, 0.5) is 5.69 Å². The van der Waals surface area contributed by atoms with E-state index in [1.54, 1.807) is 0 Å². The van der Waals surface area contributed by atoms with Crippen molar-refractivity contribution in [1.82, 2.24) is 0 Å². The van der Waals surface area contributed by atoms with E-state index < -0.39 is 0 Å². The standard InChI is InChI=1S/C13H12INO/c1-9-4-2-3-5-12(9)16-13-7-6-10(14)8-11(13)15/h2-8H,15H2,1H3. The molecule has 3 heteroatoms. The molecule has 0 fully saturated rings. The molecule has 0 bridgehead atoms. The average Bonchev–Trinajstić information content (AvgIpc) is 2.25. The Hall–Kier alpha value is -1.23. The largest absolute Gasteiger partial charge is 0.455 e. The number of aryl methyl sites for hydroxylation is 1. The highest BCUT2D eigenvalue weighted by molar-refractivity contribution is 14.1. The predicted octanol–water partition coefficient (Wildman–Crippen LogP) is 3.97. The van der Waals surface area contributed by atoms with Crippen LogP contribution in [0.2, 0.25) is 0 Å². The summed E-state index contributed by atoms with van der Waals surface area (Å²) in [7, 11) is 0. The summed E-state index contributed by atoms with van der Waals surface area (Å²) >= 11 is 2.22. The van der Waals surface area contributed by atoms with Crippen LogP contribution in [0.5, 0.6) is 11.5 Å². The van der Waals surface area contributed by atoms with Crippen molar-refractivity contribution in [2.24, 2.45) is 0 Å². The Labute approximate surface area is 109 Å². The van der Waals surface area contributed by atoms with Gasteiger partial charge >= 0.3 is 0 Å². The Balaban J connectivity index is 2.31. The molecular weight excluding hydrogens is 313 g/mol. The second kappa shape index (κ2) is 4.74. The smallest absolute Gasteiger partial charge is 0.150 e. The molecule has 0 radical (unpaired) electrons. The van der Waals surface area contributed by atoms with E-state index in [0.29, 0.717) is 11.4 Å². The molecule has 0 aliphatic carbocycles. The fourth-order valence-electron chi connectivity index (χ4n) is 1.40. The van der Waals surface area contributed by atoms with Crippen molar-refractivity contribution in [2.75, 3.05) is 5.73 Å². The minimum Gasteiger partial charge on any atom is -0.455 e. The first-order chi connectivity index (χ1) is 7.66. The highest BCUT2D eigenvalue weighted by Crippen LogP contribution is 2.30. The molecule has 0 aromatic heterocycles. The van der Waals surface area contributed by atoms with Crippen LogP contribution in [-0.4, -0.2) is 0 Å². The summed E-state index contributed by atoms with van der Waals surface area (Å²) in [5, 5.41) is 0. The highest BCUT2D eigenvalue weighted by Gasteiger charge is 2.04. The third-order valence-corrected chi connectivity index (χ3v) is 2.96. The van der Waals surface area contributed by atoms with Gasteiger partial charge in [-0.2, -0.15) is 0 Å². The molecule has 0 aliphatic heterocycles. The number of para-hydroxylation sites is 1. The zero-order chi connectivity index (χ0) is 11.5. The van der Waals surface area contributed by atoms with Gasteiger partial charge in [-0.25, -0.2) is 0 Å². The Morgan fingerprint density at radius 3 is 2.50 bits per heavy atom. The molecule has 0 saturated heterocycles. The van der Waals surface area contributed by atoms with Crippen molar-refractivity contribution >= 4 is 28.3 Å². The number of anilines is 1. The molecule has 0 spiro atoms. The van der Waals surface area contributed by atoms with Gasteiger partial charge in [0.1, 0.15) is 11.5 Å². The van der Waals surface area contributed by atoms with E-state index in [9.17, 15) is 0 Å². The molecule has 2 aromatic carbocycles. The Kier molecular flexibility index (Phi) is 3.33. The number of ether oxygens (including phenoxy) is 1. The first kappa shape index (κ1) is 11.3. The van der Waals surface area contributed by atoms with Crippen molar-refractivity contribution in [2.45, 2.75) is 6.92 Å². The van der Waals surface area contributed by atoms with E-state index in [0.717, 1.165) is 14.9 Å². The van der Waals surface area contributed by atoms with Gasteiger partial charge in [0.15, 0.2) is 0 Å². The molecule has 0 saturated carbocycles. The van der Waals surface area contributed by atoms with Crippen molar-refractivity contribution in [3.05, 3.63) is 51.6 Å². The molecule has 0 unspecified atom stereocenters. The molecule has 0 heterocycles. The minimum atomic E-state index is 0.662. The topological polar surface area (TPSA) is 35.2 Å². The zero-order valence-electron chi connectivity index (χ0n) is 8.91. The molecule has 82 valence electrons. The van der Waals surface area contributed by atoms with Crippen LogP contribution >= 0.6 is 22.6 Å². The fraction of sp³-hybridized carbons (Fsp3) is 0.0769. The third-order valence-electron chi connectivity index (χ3n) is 2.29. The molecule has 2 nitrogen and oxygen atoms in total. The normalized spacial score (nSPS) is 10.1. The van der Waals surface area contributed by atoms with Crippen LogP contribution in [0.1, 0.15) is 5.56 Å². The van der Waals surface area contributed by atoms with Gasteiger partial charge in [-0.3, -0.25) is 0 Å². The maximum Gasteiger partial charge on any atom is 0.150 e. The van der Waals surface area contributed by atoms with Gasteiger partial charge in [0.05, 0.1) is 5.69 Å². The van der Waals surface area contributed by atoms with Crippen LogP contribution in [0.15, 0.2) is 42.5 Å². The zero-order valence-corrected chi connectivity index (χ0v) is 11.1. The summed E-state index contributed by atoms with van der Waals surface area (Å²) < 4.78 is 6.87. The van der Waals surface area contributed by atoms with Crippen LogP contribution in [0, 0.1) is 10.5 Å². The first-order valence-electron chi connectivity index (χ1n) is 4.95. The van der Waals surface area contributed by atoms with Gasteiger partial charge in [-0.05, 0) is 59.3 Å². The summed E-state index contributed by atoms with van der Waals surface area (Å²) in [5.74, 6) is 1.55. The van der Waals surface area contributed by atoms with Gasteiger partial charge in [-0.1, -0.05) is 18.2 Å². The Bertz CT molecular complexity index is 511. The molecular formula is C13H12INO. The number of hydrogen-bond acceptors (Lipinski definition) is 2. The quantitative estimate of drug-likeness (QED) is 0.670. The lowest BCUT2D eigenvalue weighted by atomic mass is 10.2. The molecule has 0 aliphatic rings. The summed E-state index contributed by atoms with van der Waals surface area (Å²) in [4.78, 5) is 0. The van der Waals surface area contributed by atoms with Gasteiger partial charge in [0.25, 0.3) is 0 Å². The van der Waals surface area contributed by atoms with Crippen molar-refractivity contribution in [3.8, 4) is 11.5 Å². The van der Waals surface area contributed by atoms with E-state index >= 15 is 0 Å². The average molecular weight is 325 g/mol. The molecule has 0 amide bonds. The second-order valence-electron chi connectivity index (χ2n) is 3.55. The number of nitrogens with two attached hydrogens (primary N) is 1. The second-order valence-corrected chi connectivity index (χ2v) is 4.80. The highest BCUT2D eigenvalue weighted by atomic mass is 127. The van der Waals surface area contributed by atoms with E-state index in [1.807, 2.05) is 49.4 Å². The van der Waals surface area contributed by atoms with E-state index in [4.69, 9.17) is 10.5 Å². The maximum absolute atomic E-state index is 5.89. The number of nitrogen functional groups attached to an aromatic ring is 1. The monoisotopic (exact) mass is 325 g/mol. The number of halogens is 1.